The Labute approximate surface area is 127 Å². The van der Waals surface area contributed by atoms with Crippen LogP contribution in [-0.4, -0.2) is 20.1 Å². The Kier molecular flexibility index (Phi) is 5.17. The number of rotatable bonds is 6. The van der Waals surface area contributed by atoms with Gasteiger partial charge in [-0.3, -0.25) is 0 Å². The molecule has 0 aliphatic carbocycles. The van der Waals surface area contributed by atoms with Crippen molar-refractivity contribution < 1.29 is 13.5 Å². The van der Waals surface area contributed by atoms with Gasteiger partial charge in [-0.2, -0.15) is 0 Å². The molecule has 0 unspecified atom stereocenters. The largest absolute Gasteiger partial charge is 0.392 e. The number of hydrogen-bond donors (Lipinski definition) is 2. The zero-order valence-corrected chi connectivity index (χ0v) is 12.9. The maximum absolute atomic E-state index is 11.9. The quantitative estimate of drug-likeness (QED) is 0.854. The summed E-state index contributed by atoms with van der Waals surface area (Å²) < 4.78 is 27.1. The monoisotopic (exact) mass is 331 g/mol. The zero-order valence-electron chi connectivity index (χ0n) is 10.5. The Hall–Kier alpha value is -0.920. The number of aliphatic hydroxyl groups is 1. The van der Waals surface area contributed by atoms with Crippen molar-refractivity contribution in [1.29, 1.82) is 0 Å². The number of sulfonamides is 1. The number of thiophene rings is 1. The molecule has 7 heteroatoms. The average Bonchev–Trinajstić information content (AvgIpc) is 2.87. The summed E-state index contributed by atoms with van der Waals surface area (Å²) in [6.45, 7) is 0.322. The smallest absolute Gasteiger partial charge is 0.250 e. The summed E-state index contributed by atoms with van der Waals surface area (Å²) >= 11 is 6.76. The number of halogens is 1. The topological polar surface area (TPSA) is 66.4 Å². The van der Waals surface area contributed by atoms with Crippen molar-refractivity contribution in [3.8, 4) is 0 Å². The molecule has 0 atom stereocenters. The van der Waals surface area contributed by atoms with Crippen molar-refractivity contribution in [3.05, 3.63) is 51.9 Å². The normalized spacial score (nSPS) is 11.7. The minimum Gasteiger partial charge on any atom is -0.392 e. The Bertz CT molecular complexity index is 665. The van der Waals surface area contributed by atoms with Crippen molar-refractivity contribution >= 4 is 33.0 Å². The van der Waals surface area contributed by atoms with Gasteiger partial charge in [0.25, 0.3) is 0 Å². The van der Waals surface area contributed by atoms with Gasteiger partial charge in [0.05, 0.1) is 10.9 Å². The second-order valence-electron chi connectivity index (χ2n) is 4.18. The first-order valence-corrected chi connectivity index (χ1v) is 8.63. The van der Waals surface area contributed by atoms with E-state index in [1.165, 1.54) is 6.07 Å². The minimum absolute atomic E-state index is 0.00600. The lowest BCUT2D eigenvalue weighted by Crippen LogP contribution is -2.25. The molecule has 20 heavy (non-hydrogen) atoms. The number of hydrogen-bond acceptors (Lipinski definition) is 4. The lowest BCUT2D eigenvalue weighted by Gasteiger charge is -2.05. The van der Waals surface area contributed by atoms with E-state index in [-0.39, 0.29) is 10.8 Å². The molecular formula is C13H14ClNO3S2. The molecule has 0 aliphatic heterocycles. The van der Waals surface area contributed by atoms with Crippen LogP contribution in [0.5, 0.6) is 0 Å². The summed E-state index contributed by atoms with van der Waals surface area (Å²) in [5.41, 5.74) is 1.84. The molecule has 1 heterocycles. The highest BCUT2D eigenvalue weighted by Crippen LogP contribution is 2.25. The van der Waals surface area contributed by atoms with Crippen molar-refractivity contribution in [2.75, 3.05) is 6.54 Å². The molecule has 0 radical (unpaired) electrons. The van der Waals surface area contributed by atoms with E-state index in [2.05, 4.69) is 4.72 Å². The summed E-state index contributed by atoms with van der Waals surface area (Å²) in [6.07, 6.45) is 0.587. The van der Waals surface area contributed by atoms with Gasteiger partial charge in [-0.25, -0.2) is 13.1 Å². The first-order valence-electron chi connectivity index (χ1n) is 5.95. The Balaban J connectivity index is 1.91. The van der Waals surface area contributed by atoms with E-state index in [1.54, 1.807) is 6.07 Å². The Morgan fingerprint density at radius 3 is 2.30 bits per heavy atom. The van der Waals surface area contributed by atoms with Gasteiger partial charge >= 0.3 is 0 Å². The van der Waals surface area contributed by atoms with E-state index in [9.17, 15) is 8.42 Å². The maximum atomic E-state index is 11.9. The van der Waals surface area contributed by atoms with Crippen molar-refractivity contribution in [2.45, 2.75) is 17.2 Å². The summed E-state index contributed by atoms with van der Waals surface area (Å²) in [5.74, 6) is 0. The Morgan fingerprint density at radius 2 is 1.75 bits per heavy atom. The molecule has 0 spiro atoms. The molecule has 1 aromatic heterocycles. The van der Waals surface area contributed by atoms with Crippen LogP contribution in [-0.2, 0) is 23.1 Å². The number of nitrogens with one attached hydrogen (secondary N) is 1. The molecular weight excluding hydrogens is 318 g/mol. The van der Waals surface area contributed by atoms with Crippen LogP contribution in [0.4, 0.5) is 0 Å². The van der Waals surface area contributed by atoms with Crippen LogP contribution in [0.15, 0.2) is 40.6 Å². The molecule has 2 rings (SSSR count). The van der Waals surface area contributed by atoms with Gasteiger partial charge in [0, 0.05) is 6.54 Å². The molecule has 2 aromatic rings. The average molecular weight is 332 g/mol. The lowest BCUT2D eigenvalue weighted by molar-refractivity contribution is 0.282. The fourth-order valence-electron chi connectivity index (χ4n) is 1.65. The molecule has 0 aliphatic rings. The first-order chi connectivity index (χ1) is 9.51. The zero-order chi connectivity index (χ0) is 14.6. The van der Waals surface area contributed by atoms with Gasteiger partial charge in [-0.05, 0) is 29.7 Å². The van der Waals surface area contributed by atoms with E-state index < -0.39 is 10.0 Å². The van der Waals surface area contributed by atoms with E-state index in [1.807, 2.05) is 24.3 Å². The fraction of sp³-hybridized carbons (Fsp3) is 0.231. The summed E-state index contributed by atoms with van der Waals surface area (Å²) in [4.78, 5) is 0. The SMILES string of the molecule is O=S(=O)(NCCc1ccc(CO)cc1)c1ccc(Cl)s1. The summed E-state index contributed by atoms with van der Waals surface area (Å²) in [6, 6.07) is 10.5. The van der Waals surface area contributed by atoms with Gasteiger partial charge in [0.15, 0.2) is 0 Å². The molecule has 0 amide bonds. The highest BCUT2D eigenvalue weighted by atomic mass is 35.5. The highest BCUT2D eigenvalue weighted by Gasteiger charge is 2.15. The van der Waals surface area contributed by atoms with Gasteiger partial charge in [0.2, 0.25) is 10.0 Å². The highest BCUT2D eigenvalue weighted by molar-refractivity contribution is 7.91. The van der Waals surface area contributed by atoms with Gasteiger partial charge < -0.3 is 5.11 Å². The van der Waals surface area contributed by atoms with Crippen LogP contribution < -0.4 is 4.72 Å². The predicted octanol–water partition coefficient (Wildman–Crippen LogP) is 2.41. The standard InChI is InChI=1S/C13H14ClNO3S2/c14-12-5-6-13(19-12)20(17,18)15-8-7-10-1-3-11(9-16)4-2-10/h1-6,15-16H,7-9H2. The summed E-state index contributed by atoms with van der Waals surface area (Å²) in [7, 11) is -3.48. The van der Waals surface area contributed by atoms with Crippen LogP contribution in [0.2, 0.25) is 4.34 Å². The third-order valence-electron chi connectivity index (χ3n) is 2.72. The molecule has 108 valence electrons. The van der Waals surface area contributed by atoms with Crippen LogP contribution in [0.3, 0.4) is 0 Å². The minimum atomic E-state index is -3.48. The van der Waals surface area contributed by atoms with E-state index in [0.29, 0.717) is 17.3 Å². The lowest BCUT2D eigenvalue weighted by atomic mass is 10.1. The van der Waals surface area contributed by atoms with Crippen molar-refractivity contribution in [2.24, 2.45) is 0 Å². The van der Waals surface area contributed by atoms with Crippen LogP contribution in [0, 0.1) is 0 Å². The molecule has 0 saturated carbocycles. The predicted molar refractivity (Wildman–Crippen MR) is 80.6 cm³/mol. The van der Waals surface area contributed by atoms with Crippen molar-refractivity contribution in [3.63, 3.8) is 0 Å². The van der Waals surface area contributed by atoms with E-state index >= 15 is 0 Å². The third-order valence-corrected chi connectivity index (χ3v) is 5.91. The summed E-state index contributed by atoms with van der Waals surface area (Å²) in [5, 5.41) is 8.94. The fourth-order valence-corrected chi connectivity index (χ4v) is 4.21. The van der Waals surface area contributed by atoms with Crippen LogP contribution in [0.25, 0.3) is 0 Å². The molecule has 0 saturated heterocycles. The van der Waals surface area contributed by atoms with Gasteiger partial charge in [-0.1, -0.05) is 35.9 Å². The van der Waals surface area contributed by atoms with Crippen LogP contribution in [0.1, 0.15) is 11.1 Å². The number of benzene rings is 1. The second-order valence-corrected chi connectivity index (χ2v) is 7.89. The van der Waals surface area contributed by atoms with Gasteiger partial charge in [-0.15, -0.1) is 11.3 Å². The first kappa shape index (κ1) is 15.5. The number of aliphatic hydroxyl groups excluding tert-OH is 1. The third kappa shape index (κ3) is 4.04. The molecule has 0 fully saturated rings. The molecule has 1 aromatic carbocycles. The van der Waals surface area contributed by atoms with Gasteiger partial charge in [0.1, 0.15) is 4.21 Å². The maximum Gasteiger partial charge on any atom is 0.250 e. The Morgan fingerprint density at radius 1 is 1.10 bits per heavy atom. The van der Waals surface area contributed by atoms with Crippen LogP contribution >= 0.6 is 22.9 Å². The molecule has 2 N–H and O–H groups in total. The van der Waals surface area contributed by atoms with E-state index in [4.69, 9.17) is 16.7 Å². The van der Waals surface area contributed by atoms with Crippen molar-refractivity contribution in [1.82, 2.24) is 4.72 Å². The molecule has 4 nitrogen and oxygen atoms in total. The van der Waals surface area contributed by atoms with E-state index in [0.717, 1.165) is 22.5 Å². The molecule has 0 bridgehead atoms. The second kappa shape index (κ2) is 6.69.